The Labute approximate surface area is 83.6 Å². The van der Waals surface area contributed by atoms with Crippen molar-refractivity contribution in [2.24, 2.45) is 5.73 Å². The first-order valence-corrected chi connectivity index (χ1v) is 5.43. The fourth-order valence-corrected chi connectivity index (χ4v) is 2.12. The molecule has 1 unspecified atom stereocenters. The normalized spacial score (nSPS) is 13.1. The van der Waals surface area contributed by atoms with Gasteiger partial charge in [0, 0.05) is 10.8 Å². The van der Waals surface area contributed by atoms with E-state index in [2.05, 4.69) is 14.6 Å². The van der Waals surface area contributed by atoms with E-state index in [1.807, 2.05) is 17.7 Å². The molecule has 4 nitrogen and oxygen atoms in total. The Morgan fingerprint density at radius 3 is 2.77 bits per heavy atom. The Kier molecular flexibility index (Phi) is 2.34. The van der Waals surface area contributed by atoms with Crippen molar-refractivity contribution in [2.75, 3.05) is 0 Å². The van der Waals surface area contributed by atoms with Gasteiger partial charge in [0.2, 0.25) is 0 Å². The Morgan fingerprint density at radius 1 is 1.38 bits per heavy atom. The predicted molar refractivity (Wildman–Crippen MR) is 52.8 cm³/mol. The molecule has 2 rings (SSSR count). The van der Waals surface area contributed by atoms with Gasteiger partial charge in [0.25, 0.3) is 0 Å². The standard InChI is InChI=1S/C7H8N4S2/c1-4-9-5(2-12-4)7(8)6-3-13-11-10-6/h2-3,7H,8H2,1H3. The average Bonchev–Trinajstić information content (AvgIpc) is 2.72. The molecular weight excluding hydrogens is 204 g/mol. The van der Waals surface area contributed by atoms with Crippen molar-refractivity contribution in [1.29, 1.82) is 0 Å². The van der Waals surface area contributed by atoms with Crippen molar-refractivity contribution in [3.63, 3.8) is 0 Å². The summed E-state index contributed by atoms with van der Waals surface area (Å²) in [5.41, 5.74) is 7.58. The highest BCUT2D eigenvalue weighted by molar-refractivity contribution is 7.09. The minimum absolute atomic E-state index is 0.233. The quantitative estimate of drug-likeness (QED) is 0.816. The van der Waals surface area contributed by atoms with E-state index in [9.17, 15) is 0 Å². The van der Waals surface area contributed by atoms with Crippen LogP contribution in [0, 0.1) is 6.92 Å². The average molecular weight is 212 g/mol. The van der Waals surface area contributed by atoms with E-state index in [0.29, 0.717) is 0 Å². The van der Waals surface area contributed by atoms with Gasteiger partial charge < -0.3 is 5.73 Å². The van der Waals surface area contributed by atoms with Gasteiger partial charge in [-0.15, -0.1) is 16.4 Å². The van der Waals surface area contributed by atoms with Crippen molar-refractivity contribution in [1.82, 2.24) is 14.6 Å². The lowest BCUT2D eigenvalue weighted by Crippen LogP contribution is -2.12. The molecule has 0 saturated carbocycles. The third kappa shape index (κ3) is 1.74. The molecule has 13 heavy (non-hydrogen) atoms. The molecule has 0 aliphatic carbocycles. The molecule has 0 radical (unpaired) electrons. The van der Waals surface area contributed by atoms with E-state index in [4.69, 9.17) is 5.73 Å². The largest absolute Gasteiger partial charge is 0.318 e. The number of aromatic nitrogens is 3. The third-order valence-electron chi connectivity index (χ3n) is 1.65. The van der Waals surface area contributed by atoms with Gasteiger partial charge in [0.1, 0.15) is 0 Å². The number of hydrogen-bond donors (Lipinski definition) is 1. The van der Waals surface area contributed by atoms with Gasteiger partial charge in [-0.1, -0.05) is 4.49 Å². The van der Waals surface area contributed by atoms with E-state index >= 15 is 0 Å². The Morgan fingerprint density at radius 2 is 2.23 bits per heavy atom. The molecule has 2 aromatic heterocycles. The van der Waals surface area contributed by atoms with Crippen LogP contribution in [0.2, 0.25) is 0 Å². The first kappa shape index (κ1) is 8.74. The molecule has 0 spiro atoms. The highest BCUT2D eigenvalue weighted by Gasteiger charge is 2.13. The van der Waals surface area contributed by atoms with Gasteiger partial charge in [-0.3, -0.25) is 0 Å². The number of rotatable bonds is 2. The minimum Gasteiger partial charge on any atom is -0.318 e. The lowest BCUT2D eigenvalue weighted by atomic mass is 10.2. The molecule has 2 aromatic rings. The number of nitrogens with two attached hydrogens (primary N) is 1. The molecule has 2 N–H and O–H groups in total. The number of aryl methyl sites for hydroxylation is 1. The maximum absolute atomic E-state index is 5.92. The van der Waals surface area contributed by atoms with Crippen LogP contribution >= 0.6 is 22.9 Å². The van der Waals surface area contributed by atoms with Gasteiger partial charge in [0.15, 0.2) is 0 Å². The van der Waals surface area contributed by atoms with Gasteiger partial charge >= 0.3 is 0 Å². The SMILES string of the molecule is Cc1nc(C(N)c2csnn2)cs1. The fraction of sp³-hybridized carbons (Fsp3) is 0.286. The van der Waals surface area contributed by atoms with Crippen LogP contribution in [0.3, 0.4) is 0 Å². The van der Waals surface area contributed by atoms with Crippen molar-refractivity contribution >= 4 is 22.9 Å². The molecule has 68 valence electrons. The summed E-state index contributed by atoms with van der Waals surface area (Å²) in [6, 6.07) is -0.233. The topological polar surface area (TPSA) is 64.7 Å². The predicted octanol–water partition coefficient (Wildman–Crippen LogP) is 1.35. The number of hydrogen-bond acceptors (Lipinski definition) is 6. The molecule has 0 aromatic carbocycles. The molecule has 0 fully saturated rings. The van der Waals surface area contributed by atoms with E-state index < -0.39 is 0 Å². The molecule has 0 aliphatic heterocycles. The molecule has 0 saturated heterocycles. The van der Waals surface area contributed by atoms with Crippen molar-refractivity contribution in [3.05, 3.63) is 27.2 Å². The molecule has 0 amide bonds. The van der Waals surface area contributed by atoms with Gasteiger partial charge in [-0.2, -0.15) is 0 Å². The monoisotopic (exact) mass is 212 g/mol. The zero-order valence-electron chi connectivity index (χ0n) is 6.97. The van der Waals surface area contributed by atoms with E-state index in [0.717, 1.165) is 16.4 Å². The van der Waals surface area contributed by atoms with E-state index in [-0.39, 0.29) is 6.04 Å². The van der Waals surface area contributed by atoms with Crippen LogP contribution in [0.1, 0.15) is 22.4 Å². The summed E-state index contributed by atoms with van der Waals surface area (Å²) in [5.74, 6) is 0. The summed E-state index contributed by atoms with van der Waals surface area (Å²) >= 11 is 2.90. The van der Waals surface area contributed by atoms with Crippen LogP contribution in [0.25, 0.3) is 0 Å². The Hall–Kier alpha value is -0.850. The van der Waals surface area contributed by atoms with Crippen LogP contribution < -0.4 is 5.73 Å². The molecule has 0 bridgehead atoms. The van der Waals surface area contributed by atoms with Gasteiger partial charge in [0.05, 0.1) is 22.4 Å². The fourth-order valence-electron chi connectivity index (χ4n) is 0.982. The summed E-state index contributed by atoms with van der Waals surface area (Å²) in [6.07, 6.45) is 0. The smallest absolute Gasteiger partial charge is 0.0984 e. The lowest BCUT2D eigenvalue weighted by molar-refractivity contribution is 0.791. The van der Waals surface area contributed by atoms with Crippen molar-refractivity contribution in [2.45, 2.75) is 13.0 Å². The summed E-state index contributed by atoms with van der Waals surface area (Å²) in [7, 11) is 0. The van der Waals surface area contributed by atoms with Gasteiger partial charge in [-0.05, 0) is 18.5 Å². The van der Waals surface area contributed by atoms with Crippen LogP contribution in [0.5, 0.6) is 0 Å². The third-order valence-corrected chi connectivity index (χ3v) is 2.97. The maximum atomic E-state index is 5.92. The van der Waals surface area contributed by atoms with E-state index in [1.54, 1.807) is 11.3 Å². The molecule has 6 heteroatoms. The summed E-state index contributed by atoms with van der Waals surface area (Å²) < 4.78 is 3.76. The molecule has 2 heterocycles. The molecule has 1 atom stereocenters. The summed E-state index contributed by atoms with van der Waals surface area (Å²) in [6.45, 7) is 1.96. The summed E-state index contributed by atoms with van der Waals surface area (Å²) in [4.78, 5) is 4.30. The van der Waals surface area contributed by atoms with Gasteiger partial charge in [-0.25, -0.2) is 4.98 Å². The second-order valence-corrected chi connectivity index (χ2v) is 4.27. The Bertz CT molecular complexity index is 381. The van der Waals surface area contributed by atoms with E-state index in [1.165, 1.54) is 11.5 Å². The zero-order chi connectivity index (χ0) is 9.26. The van der Waals surface area contributed by atoms with Crippen LogP contribution in [-0.4, -0.2) is 14.6 Å². The highest BCUT2D eigenvalue weighted by atomic mass is 32.1. The van der Waals surface area contributed by atoms with Crippen molar-refractivity contribution < 1.29 is 0 Å². The Balaban J connectivity index is 2.28. The first-order chi connectivity index (χ1) is 6.27. The van der Waals surface area contributed by atoms with Crippen LogP contribution in [-0.2, 0) is 0 Å². The first-order valence-electron chi connectivity index (χ1n) is 3.72. The van der Waals surface area contributed by atoms with Crippen molar-refractivity contribution in [3.8, 4) is 0 Å². The maximum Gasteiger partial charge on any atom is 0.0984 e. The zero-order valence-corrected chi connectivity index (χ0v) is 8.60. The second-order valence-electron chi connectivity index (χ2n) is 2.60. The number of nitrogens with zero attached hydrogens (tertiary/aromatic N) is 3. The molecular formula is C7H8N4S2. The van der Waals surface area contributed by atoms with Crippen LogP contribution in [0.4, 0.5) is 0 Å². The minimum atomic E-state index is -0.233. The van der Waals surface area contributed by atoms with Crippen LogP contribution in [0.15, 0.2) is 10.8 Å². The highest BCUT2D eigenvalue weighted by Crippen LogP contribution is 2.19. The summed E-state index contributed by atoms with van der Waals surface area (Å²) in [5, 5.41) is 8.74. The lowest BCUT2D eigenvalue weighted by Gasteiger charge is -2.02. The second kappa shape index (κ2) is 3.49. The number of thiazole rings is 1. The molecule has 0 aliphatic rings.